The summed E-state index contributed by atoms with van der Waals surface area (Å²) in [6.07, 6.45) is 3.66. The van der Waals surface area contributed by atoms with Gasteiger partial charge in [-0.2, -0.15) is 5.26 Å². The van der Waals surface area contributed by atoms with E-state index in [0.717, 1.165) is 25.7 Å². The Hall–Kier alpha value is -0.730. The lowest BCUT2D eigenvalue weighted by atomic mass is 10.0. The number of amides is 1. The first-order valence-electron chi connectivity index (χ1n) is 5.48. The first-order valence-corrected chi connectivity index (χ1v) is 6.64. The maximum absolute atomic E-state index is 11.6. The fourth-order valence-corrected chi connectivity index (χ4v) is 2.60. The summed E-state index contributed by atoms with van der Waals surface area (Å²) < 4.78 is 0. The highest BCUT2D eigenvalue weighted by atomic mass is 32.2. The van der Waals surface area contributed by atoms with Crippen molar-refractivity contribution in [3.63, 3.8) is 0 Å². The van der Waals surface area contributed by atoms with Crippen LogP contribution in [0.5, 0.6) is 0 Å². The second-order valence-electron chi connectivity index (χ2n) is 4.33. The molecule has 1 aliphatic carbocycles. The molecule has 0 aromatic carbocycles. The molecule has 5 heteroatoms. The van der Waals surface area contributed by atoms with E-state index in [1.54, 1.807) is 11.9 Å². The molecule has 16 heavy (non-hydrogen) atoms. The van der Waals surface area contributed by atoms with E-state index in [9.17, 15) is 9.90 Å². The lowest BCUT2D eigenvalue weighted by Crippen LogP contribution is -2.42. The van der Waals surface area contributed by atoms with Crippen molar-refractivity contribution in [1.82, 2.24) is 4.90 Å². The van der Waals surface area contributed by atoms with E-state index in [2.05, 4.69) is 0 Å². The fourth-order valence-electron chi connectivity index (χ4n) is 2.02. The molecule has 0 aromatic heterocycles. The molecular weight excluding hydrogens is 224 g/mol. The van der Waals surface area contributed by atoms with Crippen LogP contribution >= 0.6 is 11.8 Å². The summed E-state index contributed by atoms with van der Waals surface area (Å²) in [5, 5.41) is 18.5. The first-order chi connectivity index (χ1) is 7.57. The predicted molar refractivity (Wildman–Crippen MR) is 64.0 cm³/mol. The molecule has 4 nitrogen and oxygen atoms in total. The number of rotatable bonds is 5. The van der Waals surface area contributed by atoms with Crippen LogP contribution in [0.2, 0.25) is 0 Å². The van der Waals surface area contributed by atoms with Gasteiger partial charge in [0.25, 0.3) is 0 Å². The third-order valence-electron chi connectivity index (χ3n) is 2.88. The lowest BCUT2D eigenvalue weighted by molar-refractivity contribution is -0.130. The van der Waals surface area contributed by atoms with E-state index in [4.69, 9.17) is 5.26 Å². The van der Waals surface area contributed by atoms with Crippen molar-refractivity contribution in [2.45, 2.75) is 31.3 Å². The molecular formula is C11H18N2O2S. The van der Waals surface area contributed by atoms with E-state index < -0.39 is 5.60 Å². The van der Waals surface area contributed by atoms with Crippen LogP contribution in [-0.2, 0) is 4.79 Å². The van der Waals surface area contributed by atoms with E-state index in [1.807, 2.05) is 6.07 Å². The quantitative estimate of drug-likeness (QED) is 0.731. The number of hydrogen-bond acceptors (Lipinski definition) is 4. The van der Waals surface area contributed by atoms with Gasteiger partial charge in [-0.15, -0.1) is 11.8 Å². The van der Waals surface area contributed by atoms with Gasteiger partial charge in [0, 0.05) is 13.6 Å². The third-order valence-corrected chi connectivity index (χ3v) is 3.67. The number of aliphatic hydroxyl groups is 1. The van der Waals surface area contributed by atoms with Gasteiger partial charge in [-0.05, 0) is 12.8 Å². The molecule has 0 spiro atoms. The maximum atomic E-state index is 11.6. The van der Waals surface area contributed by atoms with Crippen LogP contribution in [0.4, 0.5) is 0 Å². The Labute approximate surface area is 101 Å². The molecule has 0 bridgehead atoms. The topological polar surface area (TPSA) is 64.3 Å². The number of thioether (sulfide) groups is 1. The molecule has 0 radical (unpaired) electrons. The zero-order valence-corrected chi connectivity index (χ0v) is 10.4. The molecule has 0 saturated heterocycles. The van der Waals surface area contributed by atoms with E-state index in [1.165, 1.54) is 11.8 Å². The van der Waals surface area contributed by atoms with Gasteiger partial charge in [-0.25, -0.2) is 0 Å². The summed E-state index contributed by atoms with van der Waals surface area (Å²) in [4.78, 5) is 13.2. The van der Waals surface area contributed by atoms with Crippen LogP contribution in [0.1, 0.15) is 25.7 Å². The Bertz CT molecular complexity index is 282. The van der Waals surface area contributed by atoms with E-state index in [-0.39, 0.29) is 5.91 Å². The zero-order valence-electron chi connectivity index (χ0n) is 9.61. The van der Waals surface area contributed by atoms with Crippen LogP contribution < -0.4 is 0 Å². The van der Waals surface area contributed by atoms with Gasteiger partial charge in [0.15, 0.2) is 0 Å². The Morgan fingerprint density at radius 1 is 1.56 bits per heavy atom. The molecule has 1 rings (SSSR count). The molecule has 0 atom stereocenters. The zero-order chi connectivity index (χ0) is 12.0. The first kappa shape index (κ1) is 13.3. The van der Waals surface area contributed by atoms with Crippen molar-refractivity contribution >= 4 is 17.7 Å². The Morgan fingerprint density at radius 3 is 2.75 bits per heavy atom. The normalized spacial score (nSPS) is 18.1. The number of carbonyl (C=O) groups excluding carboxylic acids is 1. The second-order valence-corrected chi connectivity index (χ2v) is 5.32. The highest BCUT2D eigenvalue weighted by molar-refractivity contribution is 8.00. The van der Waals surface area contributed by atoms with Crippen LogP contribution in [-0.4, -0.2) is 46.6 Å². The second kappa shape index (κ2) is 6.12. The highest BCUT2D eigenvalue weighted by Gasteiger charge is 2.33. The summed E-state index contributed by atoms with van der Waals surface area (Å²) in [6, 6.07) is 1.99. The van der Waals surface area contributed by atoms with Gasteiger partial charge in [-0.1, -0.05) is 12.8 Å². The summed E-state index contributed by atoms with van der Waals surface area (Å²) >= 11 is 1.31. The van der Waals surface area contributed by atoms with Gasteiger partial charge in [0.1, 0.15) is 0 Å². The minimum atomic E-state index is -0.676. The van der Waals surface area contributed by atoms with Gasteiger partial charge >= 0.3 is 0 Å². The van der Waals surface area contributed by atoms with E-state index >= 15 is 0 Å². The largest absolute Gasteiger partial charge is 0.388 e. The molecule has 90 valence electrons. The average molecular weight is 242 g/mol. The van der Waals surface area contributed by atoms with Gasteiger partial charge in [0.2, 0.25) is 5.91 Å². The number of carbonyl (C=O) groups is 1. The van der Waals surface area contributed by atoms with Crippen molar-refractivity contribution in [2.75, 3.05) is 25.1 Å². The van der Waals surface area contributed by atoms with Gasteiger partial charge < -0.3 is 10.0 Å². The highest BCUT2D eigenvalue weighted by Crippen LogP contribution is 2.29. The van der Waals surface area contributed by atoms with Crippen molar-refractivity contribution in [1.29, 1.82) is 5.26 Å². The molecule has 0 unspecified atom stereocenters. The average Bonchev–Trinajstić information content (AvgIpc) is 2.65. The minimum absolute atomic E-state index is 0.0134. The molecule has 1 amide bonds. The number of nitriles is 1. The summed E-state index contributed by atoms with van der Waals surface area (Å²) in [5.41, 5.74) is -0.676. The molecule has 0 aromatic rings. The van der Waals surface area contributed by atoms with Crippen molar-refractivity contribution < 1.29 is 9.90 Å². The number of nitrogens with zero attached hydrogens (tertiary/aromatic N) is 2. The molecule has 1 N–H and O–H groups in total. The van der Waals surface area contributed by atoms with Crippen molar-refractivity contribution in [3.05, 3.63) is 0 Å². The third kappa shape index (κ3) is 4.03. The molecule has 1 fully saturated rings. The van der Waals surface area contributed by atoms with Gasteiger partial charge in [0.05, 0.1) is 23.2 Å². The smallest absolute Gasteiger partial charge is 0.232 e. The van der Waals surface area contributed by atoms with E-state index in [0.29, 0.717) is 18.1 Å². The fraction of sp³-hybridized carbons (Fsp3) is 0.818. The van der Waals surface area contributed by atoms with Crippen LogP contribution in [0.3, 0.4) is 0 Å². The van der Waals surface area contributed by atoms with Crippen LogP contribution in [0.25, 0.3) is 0 Å². The van der Waals surface area contributed by atoms with Crippen LogP contribution in [0.15, 0.2) is 0 Å². The molecule has 1 aliphatic rings. The SMILES string of the molecule is CN(CC1(O)CCCC1)C(=O)CSCC#N. The predicted octanol–water partition coefficient (Wildman–Crippen LogP) is 1.01. The number of likely N-dealkylation sites (N-methyl/N-ethyl adjacent to an activating group) is 1. The Balaban J connectivity index is 2.31. The molecule has 0 aliphatic heterocycles. The molecule has 1 saturated carbocycles. The summed E-state index contributed by atoms with van der Waals surface area (Å²) in [6.45, 7) is 0.416. The summed E-state index contributed by atoms with van der Waals surface area (Å²) in [5.74, 6) is 0.643. The van der Waals surface area contributed by atoms with Gasteiger partial charge in [-0.3, -0.25) is 4.79 Å². The maximum Gasteiger partial charge on any atom is 0.232 e. The monoisotopic (exact) mass is 242 g/mol. The van der Waals surface area contributed by atoms with Crippen molar-refractivity contribution in [2.24, 2.45) is 0 Å². The standard InChI is InChI=1S/C11H18N2O2S/c1-13(10(14)8-16-7-6-12)9-11(15)4-2-3-5-11/h15H,2-5,7-9H2,1H3. The lowest BCUT2D eigenvalue weighted by Gasteiger charge is -2.28. The Morgan fingerprint density at radius 2 is 2.19 bits per heavy atom. The minimum Gasteiger partial charge on any atom is -0.388 e. The Kier molecular flexibility index (Phi) is 5.10. The number of hydrogen-bond donors (Lipinski definition) is 1. The van der Waals surface area contributed by atoms with Crippen LogP contribution in [0, 0.1) is 11.3 Å². The van der Waals surface area contributed by atoms with Crippen molar-refractivity contribution in [3.8, 4) is 6.07 Å². The summed E-state index contributed by atoms with van der Waals surface area (Å²) in [7, 11) is 1.71. The molecule has 0 heterocycles.